The highest BCUT2D eigenvalue weighted by molar-refractivity contribution is 8.18. The van der Waals surface area contributed by atoms with Gasteiger partial charge in [-0.1, -0.05) is 59.9 Å². The maximum Gasteiger partial charge on any atom is 0.416 e. The fourth-order valence-electron chi connectivity index (χ4n) is 2.84. The van der Waals surface area contributed by atoms with Crippen LogP contribution in [0, 0.1) is 18.8 Å². The van der Waals surface area contributed by atoms with E-state index in [9.17, 15) is 21.6 Å². The number of unbranched alkanes of at least 4 members (excludes halogenated alkanes) is 1. The van der Waals surface area contributed by atoms with Crippen molar-refractivity contribution >= 4 is 32.5 Å². The van der Waals surface area contributed by atoms with E-state index < -0.39 is 26.8 Å². The fraction of sp³-hybridized carbons (Fsp3) is 0.208. The predicted octanol–water partition coefficient (Wildman–Crippen LogP) is 6.55. The van der Waals surface area contributed by atoms with Gasteiger partial charge in [0.25, 0.3) is 0 Å². The Bertz CT molecular complexity index is 1280. The average Bonchev–Trinajstić information content (AvgIpc) is 3.25. The maximum absolute atomic E-state index is 12.7. The van der Waals surface area contributed by atoms with Crippen molar-refractivity contribution in [1.82, 2.24) is 0 Å². The molecule has 0 unspecified atom stereocenters. The molecule has 33 heavy (non-hydrogen) atoms. The van der Waals surface area contributed by atoms with Gasteiger partial charge in [-0.3, -0.25) is 4.28 Å². The first kappa shape index (κ1) is 24.7. The zero-order valence-corrected chi connectivity index (χ0v) is 19.4. The molecular formula is C24H20F3NO3S2. The standard InChI is InChI=1S/C24H20F3NO3S2/c1-3-4-5-10-21(20-9-7-6-8-17(20)2)22-15-16-23(32-22)28-31-33(29,30)19-13-11-18(12-14-19)24(25,26)27/h6-9,11-16H,3-4H2,1-2H3/b22-21+,28-23-. The van der Waals surface area contributed by atoms with E-state index in [-0.39, 0.29) is 5.04 Å². The number of halogens is 3. The molecule has 0 radical (unpaired) electrons. The molecule has 0 aliphatic carbocycles. The maximum atomic E-state index is 12.7. The van der Waals surface area contributed by atoms with Crippen LogP contribution >= 0.6 is 11.8 Å². The van der Waals surface area contributed by atoms with Crippen molar-refractivity contribution in [3.63, 3.8) is 0 Å². The van der Waals surface area contributed by atoms with Crippen LogP contribution in [0.25, 0.3) is 5.57 Å². The fourth-order valence-corrected chi connectivity index (χ4v) is 4.46. The largest absolute Gasteiger partial charge is 0.416 e. The number of nitrogens with zero attached hydrogens (tertiary/aromatic N) is 1. The van der Waals surface area contributed by atoms with Crippen molar-refractivity contribution in [3.8, 4) is 11.8 Å². The molecule has 4 nitrogen and oxygen atoms in total. The highest BCUT2D eigenvalue weighted by Gasteiger charge is 2.31. The summed E-state index contributed by atoms with van der Waals surface area (Å²) in [6.45, 7) is 4.02. The van der Waals surface area contributed by atoms with Crippen LogP contribution in [0.3, 0.4) is 0 Å². The topological polar surface area (TPSA) is 55.7 Å². The summed E-state index contributed by atoms with van der Waals surface area (Å²) in [5, 5.41) is 3.97. The Hall–Kier alpha value is -2.96. The molecule has 0 saturated carbocycles. The highest BCUT2D eigenvalue weighted by atomic mass is 32.2. The molecule has 0 spiro atoms. The number of hydrogen-bond acceptors (Lipinski definition) is 5. The predicted molar refractivity (Wildman–Crippen MR) is 125 cm³/mol. The smallest absolute Gasteiger partial charge is 0.264 e. The molecule has 9 heteroatoms. The van der Waals surface area contributed by atoms with E-state index in [4.69, 9.17) is 4.28 Å². The summed E-state index contributed by atoms with van der Waals surface area (Å²) < 4.78 is 67.5. The number of benzene rings is 2. The van der Waals surface area contributed by atoms with Gasteiger partial charge in [-0.15, -0.1) is 0 Å². The van der Waals surface area contributed by atoms with Gasteiger partial charge in [0.05, 0.1) is 5.56 Å². The van der Waals surface area contributed by atoms with Crippen LogP contribution in [0.2, 0.25) is 0 Å². The second kappa shape index (κ2) is 10.3. The summed E-state index contributed by atoms with van der Waals surface area (Å²) in [7, 11) is -4.37. The van der Waals surface area contributed by atoms with Gasteiger partial charge in [0.2, 0.25) is 0 Å². The Morgan fingerprint density at radius 3 is 2.42 bits per heavy atom. The molecule has 3 rings (SSSR count). The lowest BCUT2D eigenvalue weighted by Crippen LogP contribution is -2.07. The van der Waals surface area contributed by atoms with Gasteiger partial charge in [0, 0.05) is 16.9 Å². The highest BCUT2D eigenvalue weighted by Crippen LogP contribution is 2.35. The van der Waals surface area contributed by atoms with Gasteiger partial charge in [-0.25, -0.2) is 0 Å². The van der Waals surface area contributed by atoms with E-state index >= 15 is 0 Å². The molecular weight excluding hydrogens is 471 g/mol. The Morgan fingerprint density at radius 1 is 1.09 bits per heavy atom. The Labute approximate surface area is 195 Å². The number of hydrogen-bond donors (Lipinski definition) is 0. The number of aryl methyl sites for hydroxylation is 1. The summed E-state index contributed by atoms with van der Waals surface area (Å²) in [4.78, 5) is 0.371. The van der Waals surface area contributed by atoms with Crippen molar-refractivity contribution in [2.24, 2.45) is 5.16 Å². The van der Waals surface area contributed by atoms with Gasteiger partial charge in [-0.2, -0.15) is 21.6 Å². The van der Waals surface area contributed by atoms with E-state index in [0.717, 1.165) is 46.6 Å². The molecule has 0 saturated heterocycles. The third-order valence-corrected chi connectivity index (χ3v) is 6.64. The minimum atomic E-state index is -4.56. The molecule has 1 heterocycles. The number of allylic oxidation sites excluding steroid dienone is 2. The molecule has 0 aromatic heterocycles. The molecule has 2 aromatic rings. The van der Waals surface area contributed by atoms with Crippen LogP contribution in [0.15, 0.2) is 75.6 Å². The van der Waals surface area contributed by atoms with Gasteiger partial charge in [-0.05, 0) is 60.9 Å². The third kappa shape index (κ3) is 6.30. The second-order valence-electron chi connectivity index (χ2n) is 7.02. The normalized spacial score (nSPS) is 16.5. The molecule has 0 N–H and O–H groups in total. The van der Waals surface area contributed by atoms with Crippen LogP contribution in [-0.2, 0) is 20.6 Å². The number of thioether (sulfide) groups is 1. The van der Waals surface area contributed by atoms with E-state index in [2.05, 4.69) is 17.0 Å². The lowest BCUT2D eigenvalue weighted by atomic mass is 10.00. The van der Waals surface area contributed by atoms with Gasteiger partial charge >= 0.3 is 16.3 Å². The van der Waals surface area contributed by atoms with Gasteiger partial charge in [0.15, 0.2) is 0 Å². The summed E-state index contributed by atoms with van der Waals surface area (Å²) >= 11 is 1.20. The zero-order chi connectivity index (χ0) is 24.1. The van der Waals surface area contributed by atoms with E-state index in [0.29, 0.717) is 12.1 Å². The lowest BCUT2D eigenvalue weighted by Gasteiger charge is -2.08. The van der Waals surface area contributed by atoms with E-state index in [1.54, 1.807) is 12.2 Å². The van der Waals surface area contributed by atoms with Crippen LogP contribution in [0.5, 0.6) is 0 Å². The summed E-state index contributed by atoms with van der Waals surface area (Å²) in [6, 6.07) is 10.8. The lowest BCUT2D eigenvalue weighted by molar-refractivity contribution is -0.137. The minimum Gasteiger partial charge on any atom is -0.264 e. The molecule has 0 bridgehead atoms. The average molecular weight is 492 g/mol. The molecule has 1 aliphatic rings. The van der Waals surface area contributed by atoms with Crippen LogP contribution in [0.4, 0.5) is 13.2 Å². The van der Waals surface area contributed by atoms with Crippen molar-refractivity contribution in [2.45, 2.75) is 37.8 Å². The summed E-state index contributed by atoms with van der Waals surface area (Å²) in [5.74, 6) is 6.35. The van der Waals surface area contributed by atoms with Crippen LogP contribution in [0.1, 0.15) is 36.5 Å². The number of rotatable bonds is 5. The first-order valence-corrected chi connectivity index (χ1v) is 12.2. The zero-order valence-electron chi connectivity index (χ0n) is 17.8. The second-order valence-corrected chi connectivity index (χ2v) is 9.61. The number of alkyl halides is 3. The quantitative estimate of drug-likeness (QED) is 0.352. The molecule has 172 valence electrons. The van der Waals surface area contributed by atoms with Crippen molar-refractivity contribution in [3.05, 3.63) is 82.3 Å². The summed E-state index contributed by atoms with van der Waals surface area (Å²) in [5.41, 5.74) is 1.86. The Kier molecular flexibility index (Phi) is 7.72. The number of oxime groups is 1. The molecule has 2 aromatic carbocycles. The Balaban J connectivity index is 1.83. The van der Waals surface area contributed by atoms with Crippen LogP contribution < -0.4 is 0 Å². The molecule has 1 aliphatic heterocycles. The Morgan fingerprint density at radius 2 is 1.79 bits per heavy atom. The first-order chi connectivity index (χ1) is 15.6. The third-order valence-electron chi connectivity index (χ3n) is 4.54. The van der Waals surface area contributed by atoms with Crippen molar-refractivity contribution < 1.29 is 25.9 Å². The minimum absolute atomic E-state index is 0.281. The summed E-state index contributed by atoms with van der Waals surface area (Å²) in [6.07, 6.45) is 0.482. The SMILES string of the molecule is CCCC#C/C(=C1C=C/C(=N/OS(=O)(=O)c2ccc(C(F)(F)F)cc2)S/1)c1ccccc1C. The molecule has 0 fully saturated rings. The van der Waals surface area contributed by atoms with Crippen molar-refractivity contribution in [1.29, 1.82) is 0 Å². The monoisotopic (exact) mass is 491 g/mol. The van der Waals surface area contributed by atoms with E-state index in [1.165, 1.54) is 11.8 Å². The van der Waals surface area contributed by atoms with Crippen molar-refractivity contribution in [2.75, 3.05) is 0 Å². The van der Waals surface area contributed by atoms with Crippen LogP contribution in [-0.4, -0.2) is 13.5 Å². The molecule has 0 amide bonds. The van der Waals surface area contributed by atoms with Gasteiger partial charge in [0.1, 0.15) is 9.94 Å². The first-order valence-electron chi connectivity index (χ1n) is 9.96. The van der Waals surface area contributed by atoms with Gasteiger partial charge < -0.3 is 0 Å². The van der Waals surface area contributed by atoms with E-state index in [1.807, 2.05) is 38.1 Å². The molecule has 0 atom stereocenters.